The van der Waals surface area contributed by atoms with Gasteiger partial charge in [0.15, 0.2) is 0 Å². The normalized spacial score (nSPS) is 10.8. The number of rotatable bonds is 8. The first kappa shape index (κ1) is 12.3. The molecule has 0 aliphatic heterocycles. The Morgan fingerprint density at radius 1 is 1.07 bits per heavy atom. The van der Waals surface area contributed by atoms with Gasteiger partial charge in [0.1, 0.15) is 0 Å². The van der Waals surface area contributed by atoms with Gasteiger partial charge in [0.05, 0.1) is 0 Å². The minimum absolute atomic E-state index is 1.09. The van der Waals surface area contributed by atoms with Crippen LogP contribution < -0.4 is 0 Å². The highest BCUT2D eigenvalue weighted by atomic mass is 15.3. The van der Waals surface area contributed by atoms with E-state index in [0.29, 0.717) is 0 Å². The summed E-state index contributed by atoms with van der Waals surface area (Å²) in [5, 5.41) is 4.28. The topological polar surface area (TPSA) is 17.8 Å². The Balaban J connectivity index is 1.96. The maximum atomic E-state index is 4.28. The highest BCUT2D eigenvalue weighted by Gasteiger charge is 1.96. The summed E-state index contributed by atoms with van der Waals surface area (Å²) in [5.41, 5.74) is 1.28. The number of aromatic nitrogens is 2. The van der Waals surface area contributed by atoms with E-state index in [9.17, 15) is 0 Å². The molecule has 0 unspecified atom stereocenters. The lowest BCUT2D eigenvalue weighted by atomic mass is 10.1. The summed E-state index contributed by atoms with van der Waals surface area (Å²) in [7, 11) is 0. The van der Waals surface area contributed by atoms with Gasteiger partial charge in [-0.3, -0.25) is 4.68 Å². The van der Waals surface area contributed by atoms with Crippen LogP contribution in [0.25, 0.3) is 0 Å². The largest absolute Gasteiger partial charge is 0.270 e. The van der Waals surface area contributed by atoms with Gasteiger partial charge in [-0.2, -0.15) is 5.10 Å². The van der Waals surface area contributed by atoms with Gasteiger partial charge in [-0.05, 0) is 19.4 Å². The van der Waals surface area contributed by atoms with Gasteiger partial charge in [-0.1, -0.05) is 45.4 Å². The average Bonchev–Trinajstić information content (AvgIpc) is 2.63. The molecule has 0 amide bonds. The van der Waals surface area contributed by atoms with Crippen molar-refractivity contribution in [3.05, 3.63) is 18.0 Å². The van der Waals surface area contributed by atoms with Crippen molar-refractivity contribution in [2.45, 2.75) is 65.3 Å². The summed E-state index contributed by atoms with van der Waals surface area (Å²) in [4.78, 5) is 0. The molecular formula is C13H24N2. The van der Waals surface area contributed by atoms with Crippen LogP contribution in [0, 0.1) is 6.92 Å². The third-order valence-corrected chi connectivity index (χ3v) is 2.90. The fourth-order valence-corrected chi connectivity index (χ4v) is 1.85. The lowest BCUT2D eigenvalue weighted by molar-refractivity contribution is 0.516. The molecule has 0 aliphatic rings. The molecule has 1 rings (SSSR count). The molecule has 0 saturated carbocycles. The molecule has 0 aliphatic carbocycles. The Labute approximate surface area is 93.7 Å². The van der Waals surface area contributed by atoms with Crippen LogP contribution in [0.15, 0.2) is 12.3 Å². The van der Waals surface area contributed by atoms with Crippen molar-refractivity contribution in [2.24, 2.45) is 0 Å². The van der Waals surface area contributed by atoms with Gasteiger partial charge >= 0.3 is 0 Å². The van der Waals surface area contributed by atoms with Crippen LogP contribution in [0.3, 0.4) is 0 Å². The lowest BCUT2D eigenvalue weighted by Gasteiger charge is -2.04. The Morgan fingerprint density at radius 2 is 1.73 bits per heavy atom. The maximum absolute atomic E-state index is 4.28. The molecule has 2 nitrogen and oxygen atoms in total. The van der Waals surface area contributed by atoms with Crippen molar-refractivity contribution in [1.29, 1.82) is 0 Å². The van der Waals surface area contributed by atoms with Gasteiger partial charge in [-0.25, -0.2) is 0 Å². The van der Waals surface area contributed by atoms with E-state index >= 15 is 0 Å². The highest BCUT2D eigenvalue weighted by Crippen LogP contribution is 2.08. The highest BCUT2D eigenvalue weighted by molar-refractivity contribution is 4.96. The van der Waals surface area contributed by atoms with E-state index in [0.717, 1.165) is 6.54 Å². The molecule has 1 heterocycles. The van der Waals surface area contributed by atoms with Gasteiger partial charge in [0.25, 0.3) is 0 Å². The molecule has 0 N–H and O–H groups in total. The van der Waals surface area contributed by atoms with Gasteiger partial charge in [-0.15, -0.1) is 0 Å². The minimum Gasteiger partial charge on any atom is -0.270 e. The van der Waals surface area contributed by atoms with Gasteiger partial charge < -0.3 is 0 Å². The Morgan fingerprint density at radius 3 is 2.33 bits per heavy atom. The predicted octanol–water partition coefficient (Wildman–Crippen LogP) is 3.94. The van der Waals surface area contributed by atoms with Crippen LogP contribution in [-0.2, 0) is 6.54 Å². The number of aryl methyl sites for hydroxylation is 2. The Hall–Kier alpha value is -0.790. The van der Waals surface area contributed by atoms with Gasteiger partial charge in [0, 0.05) is 18.4 Å². The van der Waals surface area contributed by atoms with Crippen LogP contribution in [0.5, 0.6) is 0 Å². The van der Waals surface area contributed by atoms with Crippen LogP contribution in [0.1, 0.15) is 57.6 Å². The third kappa shape index (κ3) is 5.01. The van der Waals surface area contributed by atoms with Gasteiger partial charge in [0.2, 0.25) is 0 Å². The molecular weight excluding hydrogens is 184 g/mol. The molecule has 0 atom stereocenters. The van der Waals surface area contributed by atoms with Crippen molar-refractivity contribution >= 4 is 0 Å². The number of hydrogen-bond acceptors (Lipinski definition) is 1. The summed E-state index contributed by atoms with van der Waals surface area (Å²) < 4.78 is 2.10. The second kappa shape index (κ2) is 7.49. The predicted molar refractivity (Wildman–Crippen MR) is 65.0 cm³/mol. The maximum Gasteiger partial charge on any atom is 0.0492 e. The zero-order chi connectivity index (χ0) is 10.9. The second-order valence-electron chi connectivity index (χ2n) is 4.32. The number of hydrogen-bond donors (Lipinski definition) is 0. The summed E-state index contributed by atoms with van der Waals surface area (Å²) in [6.45, 7) is 5.47. The molecule has 15 heavy (non-hydrogen) atoms. The van der Waals surface area contributed by atoms with E-state index in [2.05, 4.69) is 29.7 Å². The van der Waals surface area contributed by atoms with Crippen LogP contribution in [0.4, 0.5) is 0 Å². The van der Waals surface area contributed by atoms with E-state index in [-0.39, 0.29) is 0 Å². The number of nitrogens with zero attached hydrogens (tertiary/aromatic N) is 2. The van der Waals surface area contributed by atoms with Crippen molar-refractivity contribution < 1.29 is 0 Å². The fourth-order valence-electron chi connectivity index (χ4n) is 1.85. The van der Waals surface area contributed by atoms with E-state index in [4.69, 9.17) is 0 Å². The first-order chi connectivity index (χ1) is 7.34. The van der Waals surface area contributed by atoms with E-state index in [1.165, 1.54) is 50.6 Å². The zero-order valence-electron chi connectivity index (χ0n) is 10.2. The molecule has 0 aromatic carbocycles. The standard InChI is InChI=1S/C13H24N2/c1-3-4-5-6-7-8-9-12-15-13(2)10-11-14-15/h10-11H,3-9,12H2,1-2H3. The summed E-state index contributed by atoms with van der Waals surface area (Å²) in [5.74, 6) is 0. The number of unbranched alkanes of at least 4 members (excludes halogenated alkanes) is 6. The van der Waals surface area contributed by atoms with Crippen LogP contribution >= 0.6 is 0 Å². The van der Waals surface area contributed by atoms with E-state index in [1.54, 1.807) is 0 Å². The molecule has 1 aromatic heterocycles. The minimum atomic E-state index is 1.09. The molecule has 1 aromatic rings. The summed E-state index contributed by atoms with van der Waals surface area (Å²) >= 11 is 0. The summed E-state index contributed by atoms with van der Waals surface area (Å²) in [6, 6.07) is 2.07. The van der Waals surface area contributed by atoms with Crippen molar-refractivity contribution in [3.63, 3.8) is 0 Å². The third-order valence-electron chi connectivity index (χ3n) is 2.90. The van der Waals surface area contributed by atoms with E-state index < -0.39 is 0 Å². The Bertz CT molecular complexity index is 253. The molecule has 86 valence electrons. The fraction of sp³-hybridized carbons (Fsp3) is 0.769. The molecule has 0 spiro atoms. The molecule has 0 radical (unpaired) electrons. The van der Waals surface area contributed by atoms with Crippen molar-refractivity contribution in [3.8, 4) is 0 Å². The second-order valence-corrected chi connectivity index (χ2v) is 4.32. The zero-order valence-corrected chi connectivity index (χ0v) is 10.2. The van der Waals surface area contributed by atoms with Crippen LogP contribution in [0.2, 0.25) is 0 Å². The van der Waals surface area contributed by atoms with Crippen molar-refractivity contribution in [2.75, 3.05) is 0 Å². The van der Waals surface area contributed by atoms with E-state index in [1.807, 2.05) is 6.20 Å². The monoisotopic (exact) mass is 208 g/mol. The Kier molecular flexibility index (Phi) is 6.14. The SMILES string of the molecule is CCCCCCCCCn1nccc1C. The molecule has 0 fully saturated rings. The molecule has 2 heteroatoms. The first-order valence-electron chi connectivity index (χ1n) is 6.33. The average molecular weight is 208 g/mol. The smallest absolute Gasteiger partial charge is 0.0492 e. The quantitative estimate of drug-likeness (QED) is 0.592. The lowest BCUT2D eigenvalue weighted by Crippen LogP contribution is -2.01. The molecule has 0 bridgehead atoms. The molecule has 0 saturated heterocycles. The van der Waals surface area contributed by atoms with Crippen LogP contribution in [-0.4, -0.2) is 9.78 Å². The first-order valence-corrected chi connectivity index (χ1v) is 6.33. The van der Waals surface area contributed by atoms with Crippen molar-refractivity contribution in [1.82, 2.24) is 9.78 Å². The summed E-state index contributed by atoms with van der Waals surface area (Å²) in [6.07, 6.45) is 11.5.